The first kappa shape index (κ1) is 31.1. The van der Waals surface area contributed by atoms with Gasteiger partial charge in [-0.05, 0) is 43.0 Å². The zero-order chi connectivity index (χ0) is 26.8. The third-order valence-corrected chi connectivity index (χ3v) is 6.66. The Kier molecular flexibility index (Phi) is 12.5. The predicted molar refractivity (Wildman–Crippen MR) is 151 cm³/mol. The van der Waals surface area contributed by atoms with E-state index in [-0.39, 0.29) is 30.3 Å². The van der Waals surface area contributed by atoms with Crippen molar-refractivity contribution >= 4 is 36.4 Å². The monoisotopic (exact) mass is 544 g/mol. The molecule has 1 aromatic heterocycles. The fraction of sp³-hybridized carbons (Fsp3) is 0.517. The van der Waals surface area contributed by atoms with Crippen molar-refractivity contribution < 1.29 is 19.1 Å². The van der Waals surface area contributed by atoms with Gasteiger partial charge in [-0.15, -0.1) is 12.4 Å². The summed E-state index contributed by atoms with van der Waals surface area (Å²) in [5, 5.41) is 0. The first-order valence-corrected chi connectivity index (χ1v) is 13.5. The van der Waals surface area contributed by atoms with Crippen molar-refractivity contribution in [1.82, 2.24) is 19.4 Å². The minimum Gasteiger partial charge on any atom is -0.465 e. The van der Waals surface area contributed by atoms with Crippen molar-refractivity contribution in [1.29, 1.82) is 0 Å². The van der Waals surface area contributed by atoms with E-state index in [2.05, 4.69) is 30.3 Å². The molecule has 9 heteroatoms. The molecule has 3 rings (SSSR count). The lowest BCUT2D eigenvalue weighted by Gasteiger charge is -2.17. The van der Waals surface area contributed by atoms with E-state index in [4.69, 9.17) is 4.74 Å². The molecule has 1 aliphatic rings. The van der Waals surface area contributed by atoms with Crippen molar-refractivity contribution in [2.45, 2.75) is 78.7 Å². The maximum absolute atomic E-state index is 13.4. The highest BCUT2D eigenvalue weighted by Gasteiger charge is 2.40. The number of hydrogen-bond acceptors (Lipinski definition) is 5. The molecule has 3 amide bonds. The highest BCUT2D eigenvalue weighted by molar-refractivity contribution is 6.13. The summed E-state index contributed by atoms with van der Waals surface area (Å²) in [5.74, 6) is 0.326. The number of halogens is 1. The van der Waals surface area contributed by atoms with Gasteiger partial charge in [0.05, 0.1) is 24.6 Å². The standard InChI is InChI=1S/C29H40N4O4.ClH/c1-5-8-11-18-31-25(27(34)32(29(31)36)17-10-7-3)19-24-20-30-26(12-9-6-2)33(24)21-22-13-15-23(16-14-22)28(35)37-4;/h13-16,19-20H,5-12,17-18,21H2,1-4H3;1H/b25-19-;. The number of imidazole rings is 1. The Hall–Kier alpha value is -3.13. The Morgan fingerprint density at radius 2 is 1.58 bits per heavy atom. The lowest BCUT2D eigenvalue weighted by molar-refractivity contribution is -0.123. The van der Waals surface area contributed by atoms with Gasteiger partial charge in [0.1, 0.15) is 11.5 Å². The van der Waals surface area contributed by atoms with Crippen LogP contribution >= 0.6 is 12.4 Å². The van der Waals surface area contributed by atoms with Crippen LogP contribution in [0, 0.1) is 0 Å². The third-order valence-electron chi connectivity index (χ3n) is 6.66. The second-order valence-electron chi connectivity index (χ2n) is 9.46. The van der Waals surface area contributed by atoms with Gasteiger partial charge >= 0.3 is 12.0 Å². The van der Waals surface area contributed by atoms with E-state index in [0.29, 0.717) is 30.9 Å². The molecule has 2 aromatic rings. The van der Waals surface area contributed by atoms with Crippen LogP contribution < -0.4 is 0 Å². The first-order valence-electron chi connectivity index (χ1n) is 13.5. The predicted octanol–water partition coefficient (Wildman–Crippen LogP) is 6.08. The summed E-state index contributed by atoms with van der Waals surface area (Å²) in [6.45, 7) is 7.81. The van der Waals surface area contributed by atoms with Gasteiger partial charge < -0.3 is 9.30 Å². The number of benzene rings is 1. The van der Waals surface area contributed by atoms with Crippen LogP contribution in [0.1, 0.15) is 93.2 Å². The maximum atomic E-state index is 13.4. The summed E-state index contributed by atoms with van der Waals surface area (Å²) in [5.41, 5.74) is 2.70. The molecule has 0 N–H and O–H groups in total. The van der Waals surface area contributed by atoms with Crippen LogP contribution in [0.4, 0.5) is 4.79 Å². The van der Waals surface area contributed by atoms with Crippen LogP contribution in [0.15, 0.2) is 36.2 Å². The second kappa shape index (κ2) is 15.3. The van der Waals surface area contributed by atoms with Crippen molar-refractivity contribution in [3.63, 3.8) is 0 Å². The van der Waals surface area contributed by atoms with Crippen molar-refractivity contribution in [2.75, 3.05) is 20.2 Å². The van der Waals surface area contributed by atoms with Crippen LogP contribution in [-0.2, 0) is 22.5 Å². The molecule has 0 radical (unpaired) electrons. The fourth-order valence-electron chi connectivity index (χ4n) is 4.43. The Morgan fingerprint density at radius 1 is 0.921 bits per heavy atom. The number of nitrogens with zero attached hydrogens (tertiary/aromatic N) is 4. The lowest BCUT2D eigenvalue weighted by Crippen LogP contribution is -2.34. The van der Waals surface area contributed by atoms with E-state index >= 15 is 0 Å². The number of urea groups is 1. The van der Waals surface area contributed by atoms with Crippen LogP contribution in [0.25, 0.3) is 6.08 Å². The van der Waals surface area contributed by atoms with Gasteiger partial charge in [0.2, 0.25) is 0 Å². The molecule has 8 nitrogen and oxygen atoms in total. The molecule has 1 saturated heterocycles. The average molecular weight is 545 g/mol. The summed E-state index contributed by atoms with van der Waals surface area (Å²) in [6.07, 6.45) is 11.1. The number of methoxy groups -OCH3 is 1. The number of amides is 3. The van der Waals surface area contributed by atoms with Crippen LogP contribution in [0.2, 0.25) is 0 Å². The van der Waals surface area contributed by atoms with E-state index in [1.165, 1.54) is 12.0 Å². The molecule has 2 heterocycles. The number of ether oxygens (including phenoxy) is 1. The van der Waals surface area contributed by atoms with E-state index in [0.717, 1.165) is 68.4 Å². The van der Waals surface area contributed by atoms with E-state index < -0.39 is 0 Å². The minimum atomic E-state index is -0.372. The molecular formula is C29H41ClN4O4. The Labute approximate surface area is 232 Å². The van der Waals surface area contributed by atoms with Crippen LogP contribution in [0.5, 0.6) is 0 Å². The summed E-state index contributed by atoms with van der Waals surface area (Å²) < 4.78 is 6.91. The molecule has 208 valence electrons. The third kappa shape index (κ3) is 7.47. The molecule has 0 saturated carbocycles. The average Bonchev–Trinajstić information content (AvgIpc) is 3.38. The number of hydrogen-bond donors (Lipinski definition) is 0. The van der Waals surface area contributed by atoms with Crippen molar-refractivity contribution in [3.05, 3.63) is 58.8 Å². The summed E-state index contributed by atoms with van der Waals surface area (Å²) in [4.78, 5) is 46.1. The highest BCUT2D eigenvalue weighted by Crippen LogP contribution is 2.26. The zero-order valence-corrected chi connectivity index (χ0v) is 23.9. The molecule has 38 heavy (non-hydrogen) atoms. The zero-order valence-electron chi connectivity index (χ0n) is 23.1. The second-order valence-corrected chi connectivity index (χ2v) is 9.46. The Bertz CT molecular complexity index is 1110. The van der Waals surface area contributed by atoms with Gasteiger partial charge in [-0.2, -0.15) is 0 Å². The fourth-order valence-corrected chi connectivity index (χ4v) is 4.43. The minimum absolute atomic E-state index is 0. The number of unbranched alkanes of at least 4 members (excludes halogenated alkanes) is 4. The van der Waals surface area contributed by atoms with Crippen molar-refractivity contribution in [2.24, 2.45) is 0 Å². The number of esters is 1. The summed E-state index contributed by atoms with van der Waals surface area (Å²) in [7, 11) is 1.37. The van der Waals surface area contributed by atoms with Gasteiger partial charge in [0, 0.05) is 26.1 Å². The maximum Gasteiger partial charge on any atom is 0.337 e. The smallest absolute Gasteiger partial charge is 0.337 e. The van der Waals surface area contributed by atoms with Crippen LogP contribution in [0.3, 0.4) is 0 Å². The number of carbonyl (C=O) groups is 3. The van der Waals surface area contributed by atoms with E-state index in [1.807, 2.05) is 18.2 Å². The summed E-state index contributed by atoms with van der Waals surface area (Å²) >= 11 is 0. The van der Waals surface area contributed by atoms with Gasteiger partial charge in [-0.25, -0.2) is 14.6 Å². The largest absolute Gasteiger partial charge is 0.465 e. The first-order chi connectivity index (χ1) is 17.9. The normalized spacial score (nSPS) is 14.4. The number of imide groups is 1. The van der Waals surface area contributed by atoms with Gasteiger partial charge in [0.25, 0.3) is 5.91 Å². The lowest BCUT2D eigenvalue weighted by atomic mass is 10.1. The summed E-state index contributed by atoms with van der Waals surface area (Å²) in [6, 6.07) is 7.09. The van der Waals surface area contributed by atoms with E-state index in [9.17, 15) is 14.4 Å². The van der Waals surface area contributed by atoms with Gasteiger partial charge in [-0.3, -0.25) is 14.6 Å². The Balaban J connectivity index is 0.00000507. The highest BCUT2D eigenvalue weighted by atomic mass is 35.5. The quantitative estimate of drug-likeness (QED) is 0.124. The Morgan fingerprint density at radius 3 is 2.21 bits per heavy atom. The molecule has 0 aliphatic carbocycles. The molecule has 0 bridgehead atoms. The topological polar surface area (TPSA) is 84.7 Å². The van der Waals surface area contributed by atoms with Crippen LogP contribution in [-0.4, -0.2) is 57.5 Å². The SMILES string of the molecule is CCCCCN1C(=O)N(CCCC)C(=O)/C1=C/c1cnc(CCCC)n1Cc1ccc(C(=O)OC)cc1.Cl. The van der Waals surface area contributed by atoms with E-state index in [1.54, 1.807) is 23.2 Å². The molecule has 0 atom stereocenters. The number of carbonyl (C=O) groups excluding carboxylic acids is 3. The molecule has 0 unspecified atom stereocenters. The molecule has 1 aliphatic heterocycles. The molecular weight excluding hydrogens is 504 g/mol. The van der Waals surface area contributed by atoms with Crippen molar-refractivity contribution in [3.8, 4) is 0 Å². The molecule has 1 aromatic carbocycles. The number of rotatable bonds is 14. The molecule has 1 fully saturated rings. The number of aryl methyl sites for hydroxylation is 1. The van der Waals surface area contributed by atoms with Gasteiger partial charge in [-0.1, -0.05) is 58.6 Å². The van der Waals surface area contributed by atoms with Gasteiger partial charge in [0.15, 0.2) is 0 Å². The molecule has 0 spiro atoms. The number of aromatic nitrogens is 2.